The molecule has 0 bridgehead atoms. The third-order valence-corrected chi connectivity index (χ3v) is 11.2. The van der Waals surface area contributed by atoms with E-state index in [4.69, 9.17) is 4.98 Å². The lowest BCUT2D eigenvalue weighted by Gasteiger charge is -2.38. The van der Waals surface area contributed by atoms with Gasteiger partial charge in [0.2, 0.25) is 0 Å². The SMILES string of the molecule is CC1(C)c2ccccc2-c2c(-c3cccc4ncsc34)c3c(c(N(c4ccccc4)c4ccccc4)c21)C(C)(C)c1ccccc1-3. The lowest BCUT2D eigenvalue weighted by Crippen LogP contribution is -2.26. The highest BCUT2D eigenvalue weighted by molar-refractivity contribution is 7.17. The highest BCUT2D eigenvalue weighted by Crippen LogP contribution is 2.66. The normalized spacial score (nSPS) is 14.9. The maximum atomic E-state index is 4.77. The Morgan fingerprint density at radius 2 is 0.978 bits per heavy atom. The van der Waals surface area contributed by atoms with E-state index in [1.165, 1.54) is 66.0 Å². The predicted octanol–water partition coefficient (Wildman–Crippen LogP) is 12.0. The Morgan fingerprint density at radius 1 is 0.500 bits per heavy atom. The van der Waals surface area contributed by atoms with Crippen molar-refractivity contribution in [3.05, 3.63) is 155 Å². The van der Waals surface area contributed by atoms with Crippen molar-refractivity contribution < 1.29 is 0 Å². The van der Waals surface area contributed by atoms with Crippen LogP contribution in [0, 0.1) is 0 Å². The monoisotopic (exact) mass is 610 g/mol. The first-order chi connectivity index (χ1) is 22.4. The summed E-state index contributed by atoms with van der Waals surface area (Å²) in [4.78, 5) is 7.31. The van der Waals surface area contributed by atoms with Crippen molar-refractivity contribution in [2.75, 3.05) is 4.90 Å². The molecule has 0 saturated heterocycles. The smallest absolute Gasteiger partial charge is 0.0818 e. The van der Waals surface area contributed by atoms with Gasteiger partial charge in [-0.2, -0.15) is 0 Å². The minimum absolute atomic E-state index is 0.251. The maximum absolute atomic E-state index is 4.77. The van der Waals surface area contributed by atoms with Crippen molar-refractivity contribution in [3.8, 4) is 33.4 Å². The van der Waals surface area contributed by atoms with Crippen molar-refractivity contribution in [1.29, 1.82) is 0 Å². The van der Waals surface area contributed by atoms with E-state index in [0.717, 1.165) is 16.9 Å². The van der Waals surface area contributed by atoms with Gasteiger partial charge in [0.15, 0.2) is 0 Å². The molecule has 222 valence electrons. The maximum Gasteiger partial charge on any atom is 0.0818 e. The Morgan fingerprint density at radius 3 is 1.52 bits per heavy atom. The molecule has 1 aromatic heterocycles. The number of benzene rings is 6. The number of nitrogens with zero attached hydrogens (tertiary/aromatic N) is 2. The van der Waals surface area contributed by atoms with Crippen molar-refractivity contribution in [3.63, 3.8) is 0 Å². The summed E-state index contributed by atoms with van der Waals surface area (Å²) in [5.74, 6) is 0. The molecule has 0 aliphatic heterocycles. The van der Waals surface area contributed by atoms with Crippen LogP contribution in [0.1, 0.15) is 49.9 Å². The van der Waals surface area contributed by atoms with Gasteiger partial charge in [-0.15, -0.1) is 11.3 Å². The summed E-state index contributed by atoms with van der Waals surface area (Å²) in [5.41, 5.74) is 19.6. The first-order valence-corrected chi connectivity index (χ1v) is 16.9. The largest absolute Gasteiger partial charge is 0.310 e. The fourth-order valence-corrected chi connectivity index (χ4v) is 9.20. The average Bonchev–Trinajstić information content (AvgIpc) is 3.73. The Hall–Kier alpha value is -4.99. The molecule has 1 heterocycles. The molecule has 2 nitrogen and oxygen atoms in total. The van der Waals surface area contributed by atoms with E-state index in [1.54, 1.807) is 11.3 Å². The first kappa shape index (κ1) is 27.3. The quantitative estimate of drug-likeness (QED) is 0.197. The molecule has 0 spiro atoms. The van der Waals surface area contributed by atoms with Gasteiger partial charge in [0.25, 0.3) is 0 Å². The highest BCUT2D eigenvalue weighted by Gasteiger charge is 2.49. The molecule has 0 N–H and O–H groups in total. The van der Waals surface area contributed by atoms with E-state index >= 15 is 0 Å². The molecule has 9 rings (SSSR count). The van der Waals surface area contributed by atoms with Gasteiger partial charge in [0, 0.05) is 27.8 Å². The Balaban J connectivity index is 1.56. The third kappa shape index (κ3) is 3.61. The minimum Gasteiger partial charge on any atom is -0.310 e. The second-order valence-corrected chi connectivity index (χ2v) is 14.4. The number of thiazole rings is 1. The number of para-hydroxylation sites is 2. The average molecular weight is 611 g/mol. The van der Waals surface area contributed by atoms with Crippen molar-refractivity contribution in [1.82, 2.24) is 4.98 Å². The molecule has 0 fully saturated rings. The van der Waals surface area contributed by atoms with Crippen molar-refractivity contribution >= 4 is 38.6 Å². The fourth-order valence-electron chi connectivity index (χ4n) is 8.39. The van der Waals surface area contributed by atoms with E-state index in [1.807, 2.05) is 5.51 Å². The molecule has 7 aromatic rings. The third-order valence-electron chi connectivity index (χ3n) is 10.3. The molecular formula is C43H34N2S. The molecule has 2 aliphatic rings. The molecule has 46 heavy (non-hydrogen) atoms. The summed E-state index contributed by atoms with van der Waals surface area (Å²) >= 11 is 1.74. The van der Waals surface area contributed by atoms with Crippen molar-refractivity contribution in [2.45, 2.75) is 38.5 Å². The van der Waals surface area contributed by atoms with Gasteiger partial charge in [0.05, 0.1) is 21.4 Å². The second-order valence-electron chi connectivity index (χ2n) is 13.6. The van der Waals surface area contributed by atoms with Crippen LogP contribution >= 0.6 is 11.3 Å². The molecule has 0 saturated carbocycles. The molecule has 0 atom stereocenters. The van der Waals surface area contributed by atoms with Gasteiger partial charge in [-0.25, -0.2) is 4.98 Å². The molecule has 0 unspecified atom stereocenters. The molecule has 3 heteroatoms. The number of anilines is 3. The zero-order valence-corrected chi connectivity index (χ0v) is 27.3. The first-order valence-electron chi connectivity index (χ1n) is 16.1. The summed E-state index contributed by atoms with van der Waals surface area (Å²) in [6, 6.07) is 46.7. The van der Waals surface area contributed by atoms with Crippen LogP contribution in [0.3, 0.4) is 0 Å². The van der Waals surface area contributed by atoms with E-state index in [0.29, 0.717) is 0 Å². The summed E-state index contributed by atoms with van der Waals surface area (Å²) in [6.07, 6.45) is 0. The number of fused-ring (bicyclic) bond motifs is 7. The van der Waals surface area contributed by atoms with Crippen LogP contribution in [-0.2, 0) is 10.8 Å². The number of rotatable bonds is 4. The minimum atomic E-state index is -0.251. The Bertz CT molecular complexity index is 2190. The lowest BCUT2D eigenvalue weighted by molar-refractivity contribution is 0.640. The van der Waals surface area contributed by atoms with Crippen LogP contribution in [0.5, 0.6) is 0 Å². The summed E-state index contributed by atoms with van der Waals surface area (Å²) < 4.78 is 1.24. The number of aromatic nitrogens is 1. The van der Waals surface area contributed by atoms with Crippen LogP contribution in [-0.4, -0.2) is 4.98 Å². The number of hydrogen-bond acceptors (Lipinski definition) is 3. The molecule has 6 aromatic carbocycles. The summed E-state index contributed by atoms with van der Waals surface area (Å²) in [7, 11) is 0. The van der Waals surface area contributed by atoms with Gasteiger partial charge < -0.3 is 4.90 Å². The lowest BCUT2D eigenvalue weighted by atomic mass is 9.73. The highest BCUT2D eigenvalue weighted by atomic mass is 32.1. The Kier molecular flexibility index (Phi) is 5.80. The van der Waals surface area contributed by atoms with Crippen LogP contribution in [0.25, 0.3) is 43.6 Å². The summed E-state index contributed by atoms with van der Waals surface area (Å²) in [6.45, 7) is 9.70. The standard InChI is InChI=1S/C43H34N2S/c1-42(2)32-23-13-11-20-29(32)36-35(31-22-15-25-34-41(31)46-26-44-34)37-30-21-12-14-24-33(30)43(3,4)39(37)40(38(36)42)45(27-16-7-5-8-17-27)28-18-9-6-10-19-28/h5-26H,1-4H3. The van der Waals surface area contributed by atoms with Crippen LogP contribution in [0.2, 0.25) is 0 Å². The zero-order chi connectivity index (χ0) is 31.2. The van der Waals surface area contributed by atoms with Gasteiger partial charge in [-0.1, -0.05) is 125 Å². The van der Waals surface area contributed by atoms with E-state index in [2.05, 4.69) is 160 Å². The zero-order valence-electron chi connectivity index (χ0n) is 26.5. The van der Waals surface area contributed by atoms with E-state index in [9.17, 15) is 0 Å². The fraction of sp³-hybridized carbons (Fsp3) is 0.140. The van der Waals surface area contributed by atoms with Gasteiger partial charge in [0.1, 0.15) is 0 Å². The molecule has 0 radical (unpaired) electrons. The second kappa shape index (κ2) is 9.75. The molecule has 0 amide bonds. The van der Waals surface area contributed by atoms with Gasteiger partial charge in [-0.3, -0.25) is 0 Å². The van der Waals surface area contributed by atoms with Crippen LogP contribution in [0.15, 0.2) is 133 Å². The Labute approximate surface area is 274 Å². The van der Waals surface area contributed by atoms with Gasteiger partial charge >= 0.3 is 0 Å². The van der Waals surface area contributed by atoms with Crippen LogP contribution in [0.4, 0.5) is 17.1 Å². The number of hydrogen-bond donors (Lipinski definition) is 0. The van der Waals surface area contributed by atoms with E-state index in [-0.39, 0.29) is 10.8 Å². The van der Waals surface area contributed by atoms with Crippen molar-refractivity contribution in [2.24, 2.45) is 0 Å². The predicted molar refractivity (Wildman–Crippen MR) is 195 cm³/mol. The molecule has 2 aliphatic carbocycles. The van der Waals surface area contributed by atoms with E-state index < -0.39 is 0 Å². The topological polar surface area (TPSA) is 16.1 Å². The molecular weight excluding hydrogens is 577 g/mol. The van der Waals surface area contributed by atoms with Crippen LogP contribution < -0.4 is 4.90 Å². The van der Waals surface area contributed by atoms with Gasteiger partial charge in [-0.05, 0) is 80.4 Å². The summed E-state index contributed by atoms with van der Waals surface area (Å²) in [5, 5.41) is 0.